The minimum absolute atomic E-state index is 0.0906. The molecule has 6 nitrogen and oxygen atoms in total. The minimum atomic E-state index is -0.450. The number of nitrogens with one attached hydrogen (secondary N) is 2. The fraction of sp³-hybridized carbons (Fsp3) is 0.348. The Bertz CT molecular complexity index is 1070. The number of aliphatic hydroxyl groups excluding tert-OH is 1. The summed E-state index contributed by atoms with van der Waals surface area (Å²) < 4.78 is 18.6. The Morgan fingerprint density at radius 1 is 1.32 bits per heavy atom. The molecule has 0 saturated carbocycles. The van der Waals surface area contributed by atoms with Crippen molar-refractivity contribution in [3.63, 3.8) is 0 Å². The Hall–Kier alpha value is -2.42. The van der Waals surface area contributed by atoms with E-state index in [1.54, 1.807) is 6.33 Å². The maximum absolute atomic E-state index is 15.7. The molecule has 31 heavy (non-hydrogen) atoms. The summed E-state index contributed by atoms with van der Waals surface area (Å²) >= 11 is 3.45. The summed E-state index contributed by atoms with van der Waals surface area (Å²) in [5.74, 6) is -0.450. The number of aryl methyl sites for hydroxylation is 2. The lowest BCUT2D eigenvalue weighted by molar-refractivity contribution is 0.0482. The average Bonchev–Trinajstić information content (AvgIpc) is 3.15. The summed E-state index contributed by atoms with van der Waals surface area (Å²) in [5, 5.41) is 12.2. The summed E-state index contributed by atoms with van der Waals surface area (Å²) in [5.41, 5.74) is 6.62. The van der Waals surface area contributed by atoms with Crippen LogP contribution >= 0.6 is 15.9 Å². The van der Waals surface area contributed by atoms with Gasteiger partial charge in [0, 0.05) is 22.3 Å². The van der Waals surface area contributed by atoms with Crippen molar-refractivity contribution in [1.82, 2.24) is 15.0 Å². The molecule has 0 fully saturated rings. The van der Waals surface area contributed by atoms with Crippen molar-refractivity contribution in [3.05, 3.63) is 58.6 Å². The third-order valence-corrected chi connectivity index (χ3v) is 5.51. The molecule has 0 unspecified atom stereocenters. The van der Waals surface area contributed by atoms with Crippen LogP contribution in [0.25, 0.3) is 16.7 Å². The molecule has 0 spiro atoms. The Balaban J connectivity index is 2.06. The van der Waals surface area contributed by atoms with Gasteiger partial charge in [-0.1, -0.05) is 42.3 Å². The molecule has 0 saturated heterocycles. The second kappa shape index (κ2) is 10.7. The number of anilines is 2. The van der Waals surface area contributed by atoms with Crippen LogP contribution in [-0.2, 0) is 11.4 Å². The van der Waals surface area contributed by atoms with Gasteiger partial charge < -0.3 is 15.0 Å². The van der Waals surface area contributed by atoms with Crippen molar-refractivity contribution in [2.24, 2.45) is 0 Å². The summed E-state index contributed by atoms with van der Waals surface area (Å²) in [6.45, 7) is 8.82. The first-order valence-corrected chi connectivity index (χ1v) is 11.1. The van der Waals surface area contributed by atoms with Crippen LogP contribution < -0.4 is 10.8 Å². The monoisotopic (exact) mass is 490 g/mol. The number of hydrogen-bond donors (Lipinski definition) is 3. The van der Waals surface area contributed by atoms with Gasteiger partial charge in [0.05, 0.1) is 36.4 Å². The van der Waals surface area contributed by atoms with E-state index in [1.807, 2.05) is 35.8 Å². The highest BCUT2D eigenvalue weighted by atomic mass is 79.9. The van der Waals surface area contributed by atoms with E-state index in [4.69, 9.17) is 9.94 Å². The maximum Gasteiger partial charge on any atom is 0.175 e. The largest absolute Gasteiger partial charge is 0.394 e. The fourth-order valence-corrected chi connectivity index (χ4v) is 3.84. The zero-order valence-electron chi connectivity index (χ0n) is 17.8. The first-order chi connectivity index (χ1) is 15.0. The number of fused-ring (bicyclic) bond motifs is 1. The number of nitrogens with zero attached hydrogens (tertiary/aromatic N) is 2. The molecular weight excluding hydrogens is 463 g/mol. The van der Waals surface area contributed by atoms with Crippen LogP contribution in [0, 0.1) is 12.7 Å². The number of rotatable bonds is 11. The third-order valence-electron chi connectivity index (χ3n) is 5.02. The van der Waals surface area contributed by atoms with Crippen LogP contribution in [0.5, 0.6) is 0 Å². The van der Waals surface area contributed by atoms with Crippen molar-refractivity contribution >= 4 is 44.0 Å². The molecule has 3 rings (SSSR count). The number of unbranched alkanes of at least 4 members (excludes halogenated alkanes) is 2. The summed E-state index contributed by atoms with van der Waals surface area (Å²) in [7, 11) is 0. The second-order valence-corrected chi connectivity index (χ2v) is 8.28. The lowest BCUT2D eigenvalue weighted by Crippen LogP contribution is -2.16. The van der Waals surface area contributed by atoms with Gasteiger partial charge in [-0.3, -0.25) is 10.3 Å². The first-order valence-electron chi connectivity index (χ1n) is 10.3. The highest BCUT2D eigenvalue weighted by Crippen LogP contribution is 2.35. The van der Waals surface area contributed by atoms with Gasteiger partial charge in [0.2, 0.25) is 0 Å². The van der Waals surface area contributed by atoms with Crippen molar-refractivity contribution in [2.75, 3.05) is 18.5 Å². The molecule has 3 aromatic rings. The predicted molar refractivity (Wildman–Crippen MR) is 127 cm³/mol. The van der Waals surface area contributed by atoms with E-state index < -0.39 is 5.82 Å². The number of aliphatic hydroxyl groups is 1. The quantitative estimate of drug-likeness (QED) is 0.238. The Morgan fingerprint density at radius 3 is 2.84 bits per heavy atom. The van der Waals surface area contributed by atoms with Gasteiger partial charge in [-0.25, -0.2) is 9.37 Å². The molecule has 0 atom stereocenters. The van der Waals surface area contributed by atoms with E-state index >= 15 is 4.39 Å². The molecular formula is C23H28BrFN4O2. The van der Waals surface area contributed by atoms with Gasteiger partial charge >= 0.3 is 0 Å². The van der Waals surface area contributed by atoms with Gasteiger partial charge in [-0.15, -0.1) is 0 Å². The smallest absolute Gasteiger partial charge is 0.175 e. The molecule has 0 aliphatic rings. The molecule has 2 aromatic carbocycles. The topological polar surface area (TPSA) is 71.3 Å². The zero-order valence-corrected chi connectivity index (χ0v) is 19.4. The molecule has 0 radical (unpaired) electrons. The third kappa shape index (κ3) is 5.44. The molecule has 8 heteroatoms. The Kier molecular flexibility index (Phi) is 8.06. The van der Waals surface area contributed by atoms with E-state index in [1.165, 1.54) is 0 Å². The van der Waals surface area contributed by atoms with Gasteiger partial charge in [-0.2, -0.15) is 0 Å². The number of hydroxylamine groups is 1. The van der Waals surface area contributed by atoms with Gasteiger partial charge in [0.25, 0.3) is 0 Å². The van der Waals surface area contributed by atoms with Crippen LogP contribution in [0.1, 0.15) is 37.3 Å². The Labute approximate surface area is 190 Å². The number of aromatic nitrogens is 2. The summed E-state index contributed by atoms with van der Waals surface area (Å²) in [6.07, 6.45) is 4.88. The van der Waals surface area contributed by atoms with Crippen LogP contribution in [0.4, 0.5) is 15.8 Å². The number of halogens is 2. The zero-order chi connectivity index (χ0) is 22.4. The number of hydrogen-bond acceptors (Lipinski definition) is 5. The average molecular weight is 491 g/mol. The van der Waals surface area contributed by atoms with Gasteiger partial charge in [0.15, 0.2) is 5.82 Å². The van der Waals surface area contributed by atoms with Crippen molar-refractivity contribution < 1.29 is 14.3 Å². The van der Waals surface area contributed by atoms with Crippen molar-refractivity contribution in [3.8, 4) is 0 Å². The first kappa shape index (κ1) is 23.2. The standard InChI is InChI=1S/C23H28BrFN4O2/c1-4-5-6-9-29-14-26-23-20(29)13-18(16(3)28-31-11-10-30)22(21(23)25)27-19-8-7-17(24)12-15(19)2/h7-8,12-14,27-28,30H,3-6,9-11H2,1-2H3. The predicted octanol–water partition coefficient (Wildman–Crippen LogP) is 5.66. The summed E-state index contributed by atoms with van der Waals surface area (Å²) in [6, 6.07) is 7.60. The van der Waals surface area contributed by atoms with E-state index in [0.717, 1.165) is 41.5 Å². The lowest BCUT2D eigenvalue weighted by atomic mass is 10.1. The molecule has 1 aromatic heterocycles. The number of benzene rings is 2. The molecule has 166 valence electrons. The highest BCUT2D eigenvalue weighted by Gasteiger charge is 2.20. The van der Waals surface area contributed by atoms with Gasteiger partial charge in [0.1, 0.15) is 5.52 Å². The molecule has 0 aliphatic heterocycles. The summed E-state index contributed by atoms with van der Waals surface area (Å²) in [4.78, 5) is 9.55. The normalized spacial score (nSPS) is 11.1. The van der Waals surface area contributed by atoms with Crippen molar-refractivity contribution in [2.45, 2.75) is 39.7 Å². The molecule has 0 bridgehead atoms. The van der Waals surface area contributed by atoms with Crippen LogP contribution in [0.2, 0.25) is 0 Å². The van der Waals surface area contributed by atoms with E-state index in [9.17, 15) is 0 Å². The molecule has 1 heterocycles. The van der Waals surface area contributed by atoms with Gasteiger partial charge in [-0.05, 0) is 43.2 Å². The van der Waals surface area contributed by atoms with Crippen LogP contribution in [-0.4, -0.2) is 27.9 Å². The van der Waals surface area contributed by atoms with Crippen molar-refractivity contribution in [1.29, 1.82) is 0 Å². The van der Waals surface area contributed by atoms with Crippen LogP contribution in [0.15, 0.2) is 41.6 Å². The fourth-order valence-electron chi connectivity index (χ4n) is 3.37. The lowest BCUT2D eigenvalue weighted by Gasteiger charge is -2.18. The van der Waals surface area contributed by atoms with Crippen LogP contribution in [0.3, 0.4) is 0 Å². The molecule has 3 N–H and O–H groups in total. The van der Waals surface area contributed by atoms with E-state index in [0.29, 0.717) is 22.3 Å². The highest BCUT2D eigenvalue weighted by molar-refractivity contribution is 9.10. The molecule has 0 aliphatic carbocycles. The second-order valence-electron chi connectivity index (χ2n) is 7.36. The minimum Gasteiger partial charge on any atom is -0.394 e. The maximum atomic E-state index is 15.7. The Morgan fingerprint density at radius 2 is 2.13 bits per heavy atom. The SMILES string of the molecule is C=C(NOCCO)c1cc2c(ncn2CCCCC)c(F)c1Nc1ccc(Br)cc1C. The van der Waals surface area contributed by atoms with E-state index in [-0.39, 0.29) is 18.9 Å². The molecule has 0 amide bonds. The number of imidazole rings is 1. The van der Waals surface area contributed by atoms with E-state index in [2.05, 4.69) is 45.2 Å².